The van der Waals surface area contributed by atoms with Crippen LogP contribution in [0.1, 0.15) is 10.4 Å². The molecule has 2 rings (SSSR count). The van der Waals surface area contributed by atoms with Crippen molar-refractivity contribution < 1.29 is 4.79 Å². The van der Waals surface area contributed by atoms with Gasteiger partial charge in [-0.05, 0) is 0 Å². The standard InChI is InChI=1S/C14H13NOTe/c1-17-13-10-6-5-9-12(13)14(16)15-11-7-3-2-4-8-11/h2-10H,1H3,(H,15,16). The van der Waals surface area contributed by atoms with Crippen LogP contribution in [0.2, 0.25) is 4.97 Å². The second-order valence-corrected chi connectivity index (χ2v) is 5.94. The molecule has 0 radical (unpaired) electrons. The van der Waals surface area contributed by atoms with Crippen LogP contribution >= 0.6 is 0 Å². The number of hydrogen-bond donors (Lipinski definition) is 1. The van der Waals surface area contributed by atoms with Crippen LogP contribution in [0.15, 0.2) is 54.6 Å². The van der Waals surface area contributed by atoms with Crippen LogP contribution in [-0.4, -0.2) is 26.8 Å². The first-order valence-electron chi connectivity index (χ1n) is 5.30. The average Bonchev–Trinajstić information content (AvgIpc) is 2.40. The van der Waals surface area contributed by atoms with E-state index in [-0.39, 0.29) is 26.8 Å². The number of benzene rings is 2. The van der Waals surface area contributed by atoms with Gasteiger partial charge in [0.25, 0.3) is 0 Å². The van der Waals surface area contributed by atoms with Gasteiger partial charge in [-0.25, -0.2) is 0 Å². The maximum absolute atomic E-state index is 12.1. The number of rotatable bonds is 3. The Balaban J connectivity index is 2.20. The monoisotopic (exact) mass is 341 g/mol. The summed E-state index contributed by atoms with van der Waals surface area (Å²) < 4.78 is 1.20. The molecule has 0 aliphatic heterocycles. The number of carbonyl (C=O) groups is 1. The Kier molecular flexibility index (Phi) is 4.19. The van der Waals surface area contributed by atoms with Crippen LogP contribution < -0.4 is 8.93 Å². The molecule has 2 aromatic carbocycles. The summed E-state index contributed by atoms with van der Waals surface area (Å²) in [7, 11) is 0. The van der Waals surface area contributed by atoms with Crippen LogP contribution in [0.4, 0.5) is 5.69 Å². The Morgan fingerprint density at radius 3 is 2.35 bits per heavy atom. The molecule has 0 aliphatic carbocycles. The fourth-order valence-electron chi connectivity index (χ4n) is 1.55. The second kappa shape index (κ2) is 5.86. The third-order valence-corrected chi connectivity index (χ3v) is 4.65. The van der Waals surface area contributed by atoms with Gasteiger partial charge >= 0.3 is 111 Å². The first-order chi connectivity index (χ1) is 8.31. The van der Waals surface area contributed by atoms with Crippen LogP contribution in [0.3, 0.4) is 0 Å². The number of anilines is 1. The van der Waals surface area contributed by atoms with Gasteiger partial charge in [0.1, 0.15) is 0 Å². The molecule has 0 saturated carbocycles. The molecule has 0 unspecified atom stereocenters. The van der Waals surface area contributed by atoms with Crippen molar-refractivity contribution in [2.45, 2.75) is 4.97 Å². The molecule has 3 heteroatoms. The predicted molar refractivity (Wildman–Crippen MR) is 72.1 cm³/mol. The van der Waals surface area contributed by atoms with Gasteiger partial charge in [-0.1, -0.05) is 0 Å². The molecular formula is C14H13NOTe. The fraction of sp³-hybridized carbons (Fsp3) is 0.0714. The number of hydrogen-bond acceptors (Lipinski definition) is 1. The first kappa shape index (κ1) is 12.2. The summed E-state index contributed by atoms with van der Waals surface area (Å²) in [6.45, 7) is 0. The molecule has 1 amide bonds. The summed E-state index contributed by atoms with van der Waals surface area (Å²) in [4.78, 5) is 14.3. The van der Waals surface area contributed by atoms with Crippen molar-refractivity contribution in [2.75, 3.05) is 5.32 Å². The first-order valence-corrected chi connectivity index (χ1v) is 8.80. The van der Waals surface area contributed by atoms with Crippen LogP contribution in [0, 0.1) is 0 Å². The van der Waals surface area contributed by atoms with Crippen LogP contribution in [-0.2, 0) is 0 Å². The van der Waals surface area contributed by atoms with Gasteiger partial charge in [-0.2, -0.15) is 0 Å². The van der Waals surface area contributed by atoms with E-state index >= 15 is 0 Å². The molecular weight excluding hydrogens is 326 g/mol. The van der Waals surface area contributed by atoms with E-state index < -0.39 is 0 Å². The molecule has 0 aliphatic rings. The van der Waals surface area contributed by atoms with Crippen molar-refractivity contribution in [3.63, 3.8) is 0 Å². The topological polar surface area (TPSA) is 29.1 Å². The molecule has 0 saturated heterocycles. The van der Waals surface area contributed by atoms with Crippen molar-refractivity contribution in [1.82, 2.24) is 0 Å². The van der Waals surface area contributed by atoms with E-state index in [1.54, 1.807) is 0 Å². The molecule has 0 bridgehead atoms. The van der Waals surface area contributed by atoms with Gasteiger partial charge in [0.2, 0.25) is 0 Å². The van der Waals surface area contributed by atoms with Gasteiger partial charge in [0.15, 0.2) is 0 Å². The molecule has 17 heavy (non-hydrogen) atoms. The minimum absolute atomic E-state index is 0.0150. The summed E-state index contributed by atoms with van der Waals surface area (Å²) in [6.07, 6.45) is 0. The van der Waals surface area contributed by atoms with E-state index in [9.17, 15) is 4.79 Å². The number of carbonyl (C=O) groups excluding carboxylic acids is 1. The molecule has 2 aromatic rings. The zero-order chi connectivity index (χ0) is 12.1. The van der Waals surface area contributed by atoms with Crippen molar-refractivity contribution in [2.24, 2.45) is 0 Å². The average molecular weight is 339 g/mol. The Labute approximate surface area is 111 Å². The second-order valence-electron chi connectivity index (χ2n) is 3.52. The third-order valence-electron chi connectivity index (χ3n) is 2.38. The van der Waals surface area contributed by atoms with Crippen molar-refractivity contribution in [3.05, 3.63) is 60.2 Å². The van der Waals surface area contributed by atoms with E-state index in [0.717, 1.165) is 11.3 Å². The fourth-order valence-corrected chi connectivity index (χ4v) is 3.25. The summed E-state index contributed by atoms with van der Waals surface area (Å²) in [6, 6.07) is 17.4. The molecule has 0 fully saturated rings. The quantitative estimate of drug-likeness (QED) is 0.855. The van der Waals surface area contributed by atoms with E-state index in [4.69, 9.17) is 0 Å². The molecule has 86 valence electrons. The SMILES string of the molecule is C[Te]c1ccccc1C(=O)Nc1ccccc1. The van der Waals surface area contributed by atoms with Crippen molar-refractivity contribution >= 4 is 36.1 Å². The van der Waals surface area contributed by atoms with Gasteiger partial charge in [0.05, 0.1) is 0 Å². The molecule has 0 heterocycles. The van der Waals surface area contributed by atoms with Crippen molar-refractivity contribution in [3.8, 4) is 0 Å². The summed E-state index contributed by atoms with van der Waals surface area (Å²) in [5, 5.41) is 2.91. The molecule has 0 atom stereocenters. The number of nitrogens with one attached hydrogen (secondary N) is 1. The Morgan fingerprint density at radius 2 is 1.65 bits per heavy atom. The molecule has 0 spiro atoms. The zero-order valence-corrected chi connectivity index (χ0v) is 11.8. The Hall–Kier alpha value is -1.30. The predicted octanol–water partition coefficient (Wildman–Crippen LogP) is 2.32. The molecule has 1 N–H and O–H groups in total. The maximum atomic E-state index is 12.1. The number of para-hydroxylation sites is 1. The summed E-state index contributed by atoms with van der Waals surface area (Å²) >= 11 is -0.254. The Morgan fingerprint density at radius 1 is 1.00 bits per heavy atom. The summed E-state index contributed by atoms with van der Waals surface area (Å²) in [5.74, 6) is -0.0150. The summed E-state index contributed by atoms with van der Waals surface area (Å²) in [5.41, 5.74) is 1.64. The van der Waals surface area contributed by atoms with Gasteiger partial charge < -0.3 is 0 Å². The van der Waals surface area contributed by atoms with E-state index in [1.165, 1.54) is 3.61 Å². The van der Waals surface area contributed by atoms with Crippen molar-refractivity contribution in [1.29, 1.82) is 0 Å². The van der Waals surface area contributed by atoms with Gasteiger partial charge in [-0.3, -0.25) is 0 Å². The van der Waals surface area contributed by atoms with Crippen LogP contribution in [0.5, 0.6) is 0 Å². The zero-order valence-electron chi connectivity index (χ0n) is 9.51. The van der Waals surface area contributed by atoms with Gasteiger partial charge in [0, 0.05) is 0 Å². The van der Waals surface area contributed by atoms with E-state index in [1.807, 2.05) is 54.6 Å². The van der Waals surface area contributed by atoms with E-state index in [0.29, 0.717) is 0 Å². The normalized spacial score (nSPS) is 9.94. The van der Waals surface area contributed by atoms with Gasteiger partial charge in [-0.15, -0.1) is 0 Å². The molecule has 0 aromatic heterocycles. The third kappa shape index (κ3) is 3.09. The van der Waals surface area contributed by atoms with E-state index in [2.05, 4.69) is 10.3 Å². The van der Waals surface area contributed by atoms with Crippen LogP contribution in [0.25, 0.3) is 0 Å². The Bertz CT molecular complexity index is 511. The minimum atomic E-state index is -0.254. The molecule has 2 nitrogen and oxygen atoms in total. The number of amides is 1.